The van der Waals surface area contributed by atoms with Crippen LogP contribution in [0, 0.1) is 20.2 Å². The van der Waals surface area contributed by atoms with Crippen LogP contribution in [0.25, 0.3) is 0 Å². The summed E-state index contributed by atoms with van der Waals surface area (Å²) >= 11 is 0. The number of nitro groups is 2. The van der Waals surface area contributed by atoms with Crippen molar-refractivity contribution in [1.82, 2.24) is 0 Å². The number of ether oxygens (including phenoxy) is 1. The third-order valence-corrected chi connectivity index (χ3v) is 1.83. The van der Waals surface area contributed by atoms with Crippen molar-refractivity contribution in [1.29, 1.82) is 0 Å². The summed E-state index contributed by atoms with van der Waals surface area (Å²) < 4.78 is 4.16. The summed E-state index contributed by atoms with van der Waals surface area (Å²) in [7, 11) is 0. The molecule has 1 aromatic rings. The molecule has 9 heteroatoms. The molecule has 0 radical (unpaired) electrons. The number of hydrogen-bond acceptors (Lipinski definition) is 6. The molecule has 0 atom stereocenters. The molecule has 0 heterocycles. The van der Waals surface area contributed by atoms with Gasteiger partial charge in [0, 0.05) is 6.07 Å². The van der Waals surface area contributed by atoms with E-state index in [0.717, 1.165) is 18.2 Å². The second-order valence-corrected chi connectivity index (χ2v) is 2.88. The first-order valence-corrected chi connectivity index (χ1v) is 4.19. The van der Waals surface area contributed by atoms with E-state index in [1.165, 1.54) is 0 Å². The lowest BCUT2D eigenvalue weighted by molar-refractivity contribution is -0.394. The van der Waals surface area contributed by atoms with Crippen LogP contribution < -0.4 is 0 Å². The number of benzene rings is 1. The van der Waals surface area contributed by atoms with E-state index in [1.807, 2.05) is 0 Å². The highest BCUT2D eigenvalue weighted by molar-refractivity contribution is 5.57. The van der Waals surface area contributed by atoms with Crippen LogP contribution in [0.3, 0.4) is 0 Å². The summed E-state index contributed by atoms with van der Waals surface area (Å²) in [5.74, 6) is 0. The number of hydrogen-bond donors (Lipinski definition) is 1. The van der Waals surface area contributed by atoms with Crippen molar-refractivity contribution in [2.24, 2.45) is 0 Å². The quantitative estimate of drug-likeness (QED) is 0.482. The van der Waals surface area contributed by atoms with Gasteiger partial charge in [0.2, 0.25) is 0 Å². The molecule has 0 aliphatic heterocycles. The van der Waals surface area contributed by atoms with Crippen molar-refractivity contribution in [2.75, 3.05) is 0 Å². The minimum Gasteiger partial charge on any atom is -0.450 e. The van der Waals surface area contributed by atoms with Crippen LogP contribution >= 0.6 is 0 Å². The minimum absolute atomic E-state index is 0.0528. The van der Waals surface area contributed by atoms with E-state index >= 15 is 0 Å². The average Bonchev–Trinajstić information content (AvgIpc) is 2.25. The highest BCUT2D eigenvalue weighted by atomic mass is 16.7. The van der Waals surface area contributed by atoms with Gasteiger partial charge >= 0.3 is 6.16 Å². The Kier molecular flexibility index (Phi) is 3.55. The molecule has 0 saturated carbocycles. The molecule has 1 rings (SSSR count). The molecule has 0 amide bonds. The summed E-state index contributed by atoms with van der Waals surface area (Å²) in [4.78, 5) is 29.5. The second kappa shape index (κ2) is 4.88. The first-order chi connectivity index (χ1) is 7.91. The predicted molar refractivity (Wildman–Crippen MR) is 52.6 cm³/mol. The van der Waals surface area contributed by atoms with Crippen molar-refractivity contribution < 1.29 is 24.5 Å². The topological polar surface area (TPSA) is 133 Å². The molecule has 0 bridgehead atoms. The normalized spacial score (nSPS) is 9.65. The summed E-state index contributed by atoms with van der Waals surface area (Å²) in [6.45, 7) is -0.538. The summed E-state index contributed by atoms with van der Waals surface area (Å²) in [6.07, 6.45) is -1.59. The van der Waals surface area contributed by atoms with Crippen LogP contribution in [0.15, 0.2) is 18.2 Å². The van der Waals surface area contributed by atoms with Gasteiger partial charge in [0.05, 0.1) is 21.5 Å². The summed E-state index contributed by atoms with van der Waals surface area (Å²) in [5, 5.41) is 29.3. The third kappa shape index (κ3) is 3.12. The second-order valence-electron chi connectivity index (χ2n) is 2.88. The van der Waals surface area contributed by atoms with Gasteiger partial charge in [-0.15, -0.1) is 0 Å². The van der Waals surface area contributed by atoms with E-state index in [9.17, 15) is 25.0 Å². The lowest BCUT2D eigenvalue weighted by Crippen LogP contribution is -2.03. The predicted octanol–water partition coefficient (Wildman–Crippen LogP) is 1.70. The Morgan fingerprint density at radius 3 is 2.41 bits per heavy atom. The Hall–Kier alpha value is -2.71. The van der Waals surface area contributed by atoms with Crippen LogP contribution in [-0.2, 0) is 11.3 Å². The van der Waals surface area contributed by atoms with Gasteiger partial charge in [-0.05, 0) is 6.07 Å². The standard InChI is InChI=1S/C8H6N2O7/c11-8(12)17-4-5-1-2-6(9(13)14)3-7(5)10(15)16/h1-3H,4H2,(H,11,12). The van der Waals surface area contributed by atoms with Gasteiger partial charge in [-0.1, -0.05) is 0 Å². The number of carbonyl (C=O) groups is 1. The van der Waals surface area contributed by atoms with E-state index in [0.29, 0.717) is 0 Å². The van der Waals surface area contributed by atoms with E-state index in [4.69, 9.17) is 5.11 Å². The molecule has 0 saturated heterocycles. The fraction of sp³-hybridized carbons (Fsp3) is 0.125. The molecule has 1 aromatic carbocycles. The molecule has 0 unspecified atom stereocenters. The number of nitrogens with zero attached hydrogens (tertiary/aromatic N) is 2. The van der Waals surface area contributed by atoms with Crippen molar-refractivity contribution in [3.05, 3.63) is 44.0 Å². The van der Waals surface area contributed by atoms with Crippen molar-refractivity contribution in [3.8, 4) is 0 Å². The SMILES string of the molecule is O=C(O)OCc1ccc([N+](=O)[O-])cc1[N+](=O)[O-]. The van der Waals surface area contributed by atoms with E-state index in [2.05, 4.69) is 4.74 Å². The zero-order chi connectivity index (χ0) is 13.0. The Labute approximate surface area is 93.5 Å². The van der Waals surface area contributed by atoms with Gasteiger partial charge in [-0.2, -0.15) is 0 Å². The Balaban J connectivity index is 3.08. The van der Waals surface area contributed by atoms with E-state index in [-0.39, 0.29) is 5.56 Å². The first kappa shape index (κ1) is 12.4. The van der Waals surface area contributed by atoms with E-state index < -0.39 is 34.0 Å². The maximum absolute atomic E-state index is 10.6. The van der Waals surface area contributed by atoms with Crippen LogP contribution in [-0.4, -0.2) is 21.1 Å². The van der Waals surface area contributed by atoms with Gasteiger partial charge in [-0.25, -0.2) is 4.79 Å². The molecule has 0 aliphatic carbocycles. The van der Waals surface area contributed by atoms with Crippen molar-refractivity contribution in [2.45, 2.75) is 6.61 Å². The van der Waals surface area contributed by atoms with Crippen LogP contribution in [0.5, 0.6) is 0 Å². The van der Waals surface area contributed by atoms with Crippen LogP contribution in [0.1, 0.15) is 5.56 Å². The third-order valence-electron chi connectivity index (χ3n) is 1.83. The molecule has 0 aromatic heterocycles. The molecular formula is C8H6N2O7. The highest BCUT2D eigenvalue weighted by Crippen LogP contribution is 2.25. The minimum atomic E-state index is -1.59. The largest absolute Gasteiger partial charge is 0.506 e. The number of non-ortho nitro benzene ring substituents is 1. The molecule has 0 aliphatic rings. The maximum atomic E-state index is 10.6. The van der Waals surface area contributed by atoms with Crippen molar-refractivity contribution in [3.63, 3.8) is 0 Å². The molecule has 9 nitrogen and oxygen atoms in total. The van der Waals surface area contributed by atoms with Gasteiger partial charge < -0.3 is 9.84 Å². The maximum Gasteiger partial charge on any atom is 0.506 e. The van der Waals surface area contributed by atoms with E-state index in [1.54, 1.807) is 0 Å². The molecular weight excluding hydrogens is 236 g/mol. The number of nitro benzene ring substituents is 2. The molecule has 0 fully saturated rings. The molecule has 90 valence electrons. The number of rotatable bonds is 4. The molecule has 17 heavy (non-hydrogen) atoms. The Morgan fingerprint density at radius 2 is 1.94 bits per heavy atom. The zero-order valence-electron chi connectivity index (χ0n) is 8.23. The fourth-order valence-corrected chi connectivity index (χ4v) is 1.10. The fourth-order valence-electron chi connectivity index (χ4n) is 1.10. The molecule has 0 spiro atoms. The summed E-state index contributed by atoms with van der Waals surface area (Å²) in [6, 6.07) is 2.87. The summed E-state index contributed by atoms with van der Waals surface area (Å²) in [5.41, 5.74) is -1.06. The van der Waals surface area contributed by atoms with Crippen LogP contribution in [0.4, 0.5) is 16.2 Å². The highest BCUT2D eigenvalue weighted by Gasteiger charge is 2.20. The lowest BCUT2D eigenvalue weighted by atomic mass is 10.2. The average molecular weight is 242 g/mol. The Bertz CT molecular complexity index is 485. The number of carboxylic acid groups (broad SMARTS) is 1. The van der Waals surface area contributed by atoms with Gasteiger partial charge in [0.1, 0.15) is 6.61 Å². The Morgan fingerprint density at radius 1 is 1.29 bits per heavy atom. The smallest absolute Gasteiger partial charge is 0.450 e. The monoisotopic (exact) mass is 242 g/mol. The van der Waals surface area contributed by atoms with Gasteiger partial charge in [0.15, 0.2) is 0 Å². The first-order valence-electron chi connectivity index (χ1n) is 4.19. The molecule has 1 N–H and O–H groups in total. The van der Waals surface area contributed by atoms with Crippen LogP contribution in [0.2, 0.25) is 0 Å². The zero-order valence-corrected chi connectivity index (χ0v) is 8.23. The van der Waals surface area contributed by atoms with Gasteiger partial charge in [-0.3, -0.25) is 20.2 Å². The van der Waals surface area contributed by atoms with Crippen molar-refractivity contribution >= 4 is 17.5 Å². The lowest BCUT2D eigenvalue weighted by Gasteiger charge is -2.02. The van der Waals surface area contributed by atoms with Gasteiger partial charge in [0.25, 0.3) is 11.4 Å².